The lowest BCUT2D eigenvalue weighted by Gasteiger charge is -2.26. The second-order valence-corrected chi connectivity index (χ2v) is 4.83. The molecule has 0 amide bonds. The second-order valence-electron chi connectivity index (χ2n) is 4.42. The summed E-state index contributed by atoms with van der Waals surface area (Å²) >= 11 is 5.23. The molecule has 6 heteroatoms. The number of thiocarbonyl (C=S) groups is 1. The van der Waals surface area contributed by atoms with Crippen molar-refractivity contribution in [1.82, 2.24) is 15.2 Å². The number of morpholine rings is 1. The van der Waals surface area contributed by atoms with Gasteiger partial charge < -0.3 is 15.4 Å². The number of pyridine rings is 1. The van der Waals surface area contributed by atoms with Crippen LogP contribution in [-0.2, 0) is 4.74 Å². The Hall–Kier alpha value is -1.24. The first-order valence-electron chi connectivity index (χ1n) is 6.59. The third-order valence-electron chi connectivity index (χ3n) is 2.98. The Kier molecular flexibility index (Phi) is 6.00. The van der Waals surface area contributed by atoms with Gasteiger partial charge in [0.05, 0.1) is 13.2 Å². The average molecular weight is 280 g/mol. The molecule has 0 radical (unpaired) electrons. The molecule has 1 saturated heterocycles. The number of rotatable bonds is 5. The van der Waals surface area contributed by atoms with Gasteiger partial charge in [-0.05, 0) is 37.3 Å². The Balaban J connectivity index is 1.56. The highest BCUT2D eigenvalue weighted by Gasteiger charge is 2.09. The molecule has 2 N–H and O–H groups in total. The van der Waals surface area contributed by atoms with E-state index in [4.69, 9.17) is 17.0 Å². The zero-order chi connectivity index (χ0) is 13.3. The van der Waals surface area contributed by atoms with Gasteiger partial charge in [0.15, 0.2) is 5.11 Å². The molecule has 1 aromatic rings. The summed E-state index contributed by atoms with van der Waals surface area (Å²) in [5, 5.41) is 7.00. The van der Waals surface area contributed by atoms with E-state index in [9.17, 15) is 0 Å². The number of nitrogens with one attached hydrogen (secondary N) is 2. The molecule has 1 aliphatic rings. The van der Waals surface area contributed by atoms with Gasteiger partial charge in [-0.1, -0.05) is 0 Å². The number of hydrogen-bond donors (Lipinski definition) is 2. The SMILES string of the molecule is S=C(NCCCN1CCOCC1)Nc1ccncc1. The topological polar surface area (TPSA) is 49.4 Å². The summed E-state index contributed by atoms with van der Waals surface area (Å²) in [5.41, 5.74) is 0.959. The summed E-state index contributed by atoms with van der Waals surface area (Å²) < 4.78 is 5.32. The molecule has 0 atom stereocenters. The van der Waals surface area contributed by atoms with Gasteiger partial charge in [-0.15, -0.1) is 0 Å². The fourth-order valence-electron chi connectivity index (χ4n) is 1.94. The van der Waals surface area contributed by atoms with Crippen molar-refractivity contribution in [3.63, 3.8) is 0 Å². The van der Waals surface area contributed by atoms with Crippen molar-refractivity contribution in [3.8, 4) is 0 Å². The van der Waals surface area contributed by atoms with Crippen LogP contribution in [0.1, 0.15) is 6.42 Å². The molecular formula is C13H20N4OS. The van der Waals surface area contributed by atoms with E-state index >= 15 is 0 Å². The van der Waals surface area contributed by atoms with Crippen molar-refractivity contribution in [2.24, 2.45) is 0 Å². The molecule has 104 valence electrons. The summed E-state index contributed by atoms with van der Waals surface area (Å²) in [7, 11) is 0. The van der Waals surface area contributed by atoms with Gasteiger partial charge in [-0.25, -0.2) is 0 Å². The lowest BCUT2D eigenvalue weighted by atomic mass is 10.3. The molecule has 0 aliphatic carbocycles. The maximum absolute atomic E-state index is 5.32. The van der Waals surface area contributed by atoms with Gasteiger partial charge in [0, 0.05) is 37.7 Å². The van der Waals surface area contributed by atoms with Crippen LogP contribution in [0.4, 0.5) is 5.69 Å². The lowest BCUT2D eigenvalue weighted by Crippen LogP contribution is -2.38. The Labute approximate surface area is 119 Å². The molecule has 0 unspecified atom stereocenters. The van der Waals surface area contributed by atoms with Crippen molar-refractivity contribution in [3.05, 3.63) is 24.5 Å². The van der Waals surface area contributed by atoms with E-state index in [1.807, 2.05) is 12.1 Å². The first-order chi connectivity index (χ1) is 9.34. The molecule has 1 aromatic heterocycles. The molecular weight excluding hydrogens is 260 g/mol. The largest absolute Gasteiger partial charge is 0.379 e. The van der Waals surface area contributed by atoms with Gasteiger partial charge in [-0.2, -0.15) is 0 Å². The summed E-state index contributed by atoms with van der Waals surface area (Å²) in [6.45, 7) is 5.77. The van der Waals surface area contributed by atoms with Crippen LogP contribution in [0.25, 0.3) is 0 Å². The van der Waals surface area contributed by atoms with Gasteiger partial charge in [0.1, 0.15) is 0 Å². The fourth-order valence-corrected chi connectivity index (χ4v) is 2.16. The van der Waals surface area contributed by atoms with E-state index in [1.165, 1.54) is 0 Å². The van der Waals surface area contributed by atoms with E-state index in [1.54, 1.807) is 12.4 Å². The van der Waals surface area contributed by atoms with E-state index in [-0.39, 0.29) is 0 Å². The second kappa shape index (κ2) is 8.04. The van der Waals surface area contributed by atoms with Crippen molar-refractivity contribution in [2.45, 2.75) is 6.42 Å². The highest BCUT2D eigenvalue weighted by Crippen LogP contribution is 2.02. The maximum Gasteiger partial charge on any atom is 0.170 e. The zero-order valence-corrected chi connectivity index (χ0v) is 11.8. The van der Waals surface area contributed by atoms with Crippen LogP contribution in [0, 0.1) is 0 Å². The minimum absolute atomic E-state index is 0.660. The molecule has 0 aromatic carbocycles. The van der Waals surface area contributed by atoms with E-state index in [2.05, 4.69) is 20.5 Å². The Morgan fingerprint density at radius 1 is 1.32 bits per heavy atom. The Morgan fingerprint density at radius 3 is 2.79 bits per heavy atom. The average Bonchev–Trinajstić information content (AvgIpc) is 2.46. The summed E-state index contributed by atoms with van der Waals surface area (Å²) in [6.07, 6.45) is 4.56. The number of nitrogens with zero attached hydrogens (tertiary/aromatic N) is 2. The van der Waals surface area contributed by atoms with E-state index in [0.717, 1.165) is 51.5 Å². The first kappa shape index (κ1) is 14.2. The van der Waals surface area contributed by atoms with Gasteiger partial charge >= 0.3 is 0 Å². The first-order valence-corrected chi connectivity index (χ1v) is 7.00. The van der Waals surface area contributed by atoms with Crippen LogP contribution in [0.5, 0.6) is 0 Å². The standard InChI is InChI=1S/C13H20N4OS/c19-13(16-12-2-5-14-6-3-12)15-4-1-7-17-8-10-18-11-9-17/h2-3,5-6H,1,4,7-11H2,(H2,14,15,16,19). The predicted molar refractivity (Wildman–Crippen MR) is 80.3 cm³/mol. The number of aromatic nitrogens is 1. The molecule has 19 heavy (non-hydrogen) atoms. The van der Waals surface area contributed by atoms with Crippen LogP contribution in [-0.4, -0.2) is 54.4 Å². The lowest BCUT2D eigenvalue weighted by molar-refractivity contribution is 0.0376. The quantitative estimate of drug-likeness (QED) is 0.622. The smallest absolute Gasteiger partial charge is 0.170 e. The molecule has 5 nitrogen and oxygen atoms in total. The molecule has 0 spiro atoms. The fraction of sp³-hybridized carbons (Fsp3) is 0.538. The van der Waals surface area contributed by atoms with E-state index in [0.29, 0.717) is 5.11 Å². The highest BCUT2D eigenvalue weighted by atomic mass is 32.1. The molecule has 0 saturated carbocycles. The van der Waals surface area contributed by atoms with Crippen LogP contribution in [0.15, 0.2) is 24.5 Å². The maximum atomic E-state index is 5.32. The molecule has 1 aliphatic heterocycles. The van der Waals surface area contributed by atoms with Gasteiger partial charge in [0.25, 0.3) is 0 Å². The normalized spacial score (nSPS) is 16.0. The minimum Gasteiger partial charge on any atom is -0.379 e. The summed E-state index contributed by atoms with van der Waals surface area (Å²) in [4.78, 5) is 6.38. The van der Waals surface area contributed by atoms with E-state index < -0.39 is 0 Å². The molecule has 0 bridgehead atoms. The zero-order valence-electron chi connectivity index (χ0n) is 11.0. The minimum atomic E-state index is 0.660. The number of anilines is 1. The van der Waals surface area contributed by atoms with Gasteiger partial charge in [-0.3, -0.25) is 9.88 Å². The van der Waals surface area contributed by atoms with Crippen molar-refractivity contribution >= 4 is 23.0 Å². The van der Waals surface area contributed by atoms with Crippen LogP contribution in [0.2, 0.25) is 0 Å². The molecule has 1 fully saturated rings. The summed E-state index contributed by atoms with van der Waals surface area (Å²) in [5.74, 6) is 0. The third-order valence-corrected chi connectivity index (χ3v) is 3.22. The number of hydrogen-bond acceptors (Lipinski definition) is 4. The Bertz CT molecular complexity index is 381. The summed E-state index contributed by atoms with van der Waals surface area (Å²) in [6, 6.07) is 3.78. The Morgan fingerprint density at radius 2 is 2.05 bits per heavy atom. The van der Waals surface area contributed by atoms with Crippen LogP contribution < -0.4 is 10.6 Å². The van der Waals surface area contributed by atoms with Gasteiger partial charge in [0.2, 0.25) is 0 Å². The van der Waals surface area contributed by atoms with Crippen molar-refractivity contribution in [1.29, 1.82) is 0 Å². The molecule has 2 heterocycles. The highest BCUT2D eigenvalue weighted by molar-refractivity contribution is 7.80. The number of ether oxygens (including phenoxy) is 1. The van der Waals surface area contributed by atoms with Crippen LogP contribution in [0.3, 0.4) is 0 Å². The van der Waals surface area contributed by atoms with Crippen molar-refractivity contribution in [2.75, 3.05) is 44.7 Å². The third kappa shape index (κ3) is 5.50. The molecule has 2 rings (SSSR count). The monoisotopic (exact) mass is 280 g/mol. The van der Waals surface area contributed by atoms with Crippen molar-refractivity contribution < 1.29 is 4.74 Å². The predicted octanol–water partition coefficient (Wildman–Crippen LogP) is 1.09. The van der Waals surface area contributed by atoms with Crippen LogP contribution >= 0.6 is 12.2 Å².